The largest absolute Gasteiger partial charge is 0.324 e. The van der Waals surface area contributed by atoms with Crippen LogP contribution in [-0.2, 0) is 4.79 Å². The Labute approximate surface area is 193 Å². The Morgan fingerprint density at radius 3 is 2.58 bits per heavy atom. The molecule has 1 unspecified atom stereocenters. The first-order valence-electron chi connectivity index (χ1n) is 10.5. The van der Waals surface area contributed by atoms with Crippen molar-refractivity contribution >= 4 is 38.9 Å². The second kappa shape index (κ2) is 9.07. The van der Waals surface area contributed by atoms with E-state index in [0.717, 1.165) is 10.4 Å². The summed E-state index contributed by atoms with van der Waals surface area (Å²) in [5.74, 6) is -0.843. The van der Waals surface area contributed by atoms with Gasteiger partial charge in [-0.1, -0.05) is 31.2 Å². The molecule has 0 aliphatic rings. The first-order valence-corrected chi connectivity index (χ1v) is 11.3. The summed E-state index contributed by atoms with van der Waals surface area (Å²) in [6.45, 7) is 5.16. The summed E-state index contributed by atoms with van der Waals surface area (Å²) in [6, 6.07) is 11.8. The number of aryl methyl sites for hydroxylation is 1. The molecule has 1 N–H and O–H groups in total. The number of ketones is 1. The molecular weight excluding hydrogens is 441 g/mol. The van der Waals surface area contributed by atoms with Gasteiger partial charge in [0.1, 0.15) is 16.7 Å². The highest BCUT2D eigenvalue weighted by atomic mass is 32.1. The van der Waals surface area contributed by atoms with E-state index in [2.05, 4.69) is 10.3 Å². The number of hydrogen-bond acceptors (Lipinski definition) is 5. The molecule has 6 nitrogen and oxygen atoms in total. The highest BCUT2D eigenvalue weighted by molar-refractivity contribution is 7.19. The number of hydrogen-bond donors (Lipinski definition) is 1. The molecule has 2 heterocycles. The number of aromatic nitrogens is 2. The van der Waals surface area contributed by atoms with Crippen molar-refractivity contribution in [1.82, 2.24) is 9.55 Å². The fourth-order valence-electron chi connectivity index (χ4n) is 3.85. The molecule has 0 aliphatic carbocycles. The molecular formula is C25H22FN3O3S. The molecule has 0 saturated heterocycles. The molecule has 1 amide bonds. The van der Waals surface area contributed by atoms with Gasteiger partial charge in [-0.2, -0.15) is 0 Å². The normalized spacial score (nSPS) is 12.0. The van der Waals surface area contributed by atoms with Gasteiger partial charge in [-0.3, -0.25) is 19.0 Å². The van der Waals surface area contributed by atoms with Crippen molar-refractivity contribution in [2.24, 2.45) is 0 Å². The maximum atomic E-state index is 13.5. The molecule has 0 radical (unpaired) electrons. The average molecular weight is 464 g/mol. The minimum Gasteiger partial charge on any atom is -0.324 e. The molecule has 4 rings (SSSR count). The van der Waals surface area contributed by atoms with Crippen LogP contribution in [0.1, 0.15) is 41.5 Å². The van der Waals surface area contributed by atoms with Crippen LogP contribution in [0.25, 0.3) is 21.3 Å². The van der Waals surface area contributed by atoms with Gasteiger partial charge in [-0.25, -0.2) is 9.37 Å². The summed E-state index contributed by atoms with van der Waals surface area (Å²) >= 11 is 1.38. The number of rotatable bonds is 6. The van der Waals surface area contributed by atoms with Gasteiger partial charge in [0.2, 0.25) is 5.91 Å². The van der Waals surface area contributed by atoms with Crippen molar-refractivity contribution in [2.75, 3.05) is 5.32 Å². The first kappa shape index (κ1) is 22.5. The van der Waals surface area contributed by atoms with Crippen LogP contribution in [-0.4, -0.2) is 21.2 Å². The maximum absolute atomic E-state index is 13.5. The lowest BCUT2D eigenvalue weighted by molar-refractivity contribution is -0.119. The molecule has 2 aromatic carbocycles. The van der Waals surface area contributed by atoms with E-state index in [1.807, 2.05) is 13.8 Å². The zero-order chi connectivity index (χ0) is 23.7. The molecule has 0 spiro atoms. The molecule has 1 atom stereocenters. The van der Waals surface area contributed by atoms with Crippen LogP contribution in [0.2, 0.25) is 0 Å². The van der Waals surface area contributed by atoms with Crippen molar-refractivity contribution in [3.63, 3.8) is 0 Å². The second-order valence-corrected chi connectivity index (χ2v) is 8.93. The Morgan fingerprint density at radius 1 is 1.18 bits per heavy atom. The fraction of sp³-hybridized carbons (Fsp3) is 0.200. The third-order valence-corrected chi connectivity index (χ3v) is 6.52. The Kier molecular flexibility index (Phi) is 6.20. The van der Waals surface area contributed by atoms with Gasteiger partial charge in [-0.15, -0.1) is 11.3 Å². The number of fused-ring (bicyclic) bond motifs is 1. The summed E-state index contributed by atoms with van der Waals surface area (Å²) < 4.78 is 14.8. The molecule has 4 aromatic rings. The summed E-state index contributed by atoms with van der Waals surface area (Å²) in [5.41, 5.74) is 2.05. The number of nitrogens with zero attached hydrogens (tertiary/aromatic N) is 2. The zero-order valence-corrected chi connectivity index (χ0v) is 19.2. The van der Waals surface area contributed by atoms with E-state index in [1.165, 1.54) is 41.3 Å². The predicted octanol–water partition coefficient (Wildman–Crippen LogP) is 5.36. The summed E-state index contributed by atoms with van der Waals surface area (Å²) in [5, 5.41) is 3.22. The van der Waals surface area contributed by atoms with E-state index in [1.54, 1.807) is 36.4 Å². The number of Topliss-reactive ketones (excluding diaryl/α,β-unsaturated/α-hetero) is 1. The van der Waals surface area contributed by atoms with Crippen molar-refractivity contribution < 1.29 is 14.0 Å². The van der Waals surface area contributed by atoms with Crippen LogP contribution in [0.5, 0.6) is 0 Å². The molecule has 8 heteroatoms. The van der Waals surface area contributed by atoms with Crippen molar-refractivity contribution in [3.8, 4) is 11.1 Å². The highest BCUT2D eigenvalue weighted by Crippen LogP contribution is 2.35. The van der Waals surface area contributed by atoms with Crippen molar-refractivity contribution in [1.29, 1.82) is 0 Å². The van der Waals surface area contributed by atoms with E-state index in [4.69, 9.17) is 0 Å². The maximum Gasteiger partial charge on any atom is 0.263 e. The summed E-state index contributed by atoms with van der Waals surface area (Å²) in [7, 11) is 0. The molecule has 33 heavy (non-hydrogen) atoms. The zero-order valence-electron chi connectivity index (χ0n) is 18.4. The molecule has 168 valence electrons. The molecule has 0 bridgehead atoms. The van der Waals surface area contributed by atoms with E-state index in [9.17, 15) is 18.8 Å². The van der Waals surface area contributed by atoms with Crippen LogP contribution in [0, 0.1) is 12.7 Å². The number of carbonyl (C=O) groups excluding carboxylic acids is 2. The number of carbonyl (C=O) groups is 2. The van der Waals surface area contributed by atoms with Crippen LogP contribution >= 0.6 is 11.3 Å². The summed E-state index contributed by atoms with van der Waals surface area (Å²) in [6.07, 6.45) is 1.76. The number of amides is 1. The Morgan fingerprint density at radius 2 is 1.91 bits per heavy atom. The minimum absolute atomic E-state index is 0.106. The molecule has 0 fully saturated rings. The third-order valence-electron chi connectivity index (χ3n) is 5.51. The van der Waals surface area contributed by atoms with Gasteiger partial charge in [0, 0.05) is 21.7 Å². The standard InChI is InChI=1S/C25H22FN3O3S/c1-4-20(23(31)28-19-7-5-6-17(12-19)14(2)30)29-13-27-24-22(25(29)32)21(15(3)33-24)16-8-10-18(26)11-9-16/h5-13,20H,4H2,1-3H3,(H,28,31). The summed E-state index contributed by atoms with van der Waals surface area (Å²) in [4.78, 5) is 44.2. The van der Waals surface area contributed by atoms with E-state index >= 15 is 0 Å². The van der Waals surface area contributed by atoms with E-state index < -0.39 is 6.04 Å². The van der Waals surface area contributed by atoms with Gasteiger partial charge < -0.3 is 5.32 Å². The van der Waals surface area contributed by atoms with Gasteiger partial charge in [0.05, 0.1) is 11.7 Å². The second-order valence-electron chi connectivity index (χ2n) is 7.73. The number of thiophene rings is 1. The van der Waals surface area contributed by atoms with Crippen molar-refractivity contribution in [2.45, 2.75) is 33.2 Å². The highest BCUT2D eigenvalue weighted by Gasteiger charge is 2.24. The quantitative estimate of drug-likeness (QED) is 0.390. The van der Waals surface area contributed by atoms with Crippen LogP contribution in [0.15, 0.2) is 59.7 Å². The predicted molar refractivity (Wildman–Crippen MR) is 128 cm³/mol. The molecule has 0 aliphatic heterocycles. The smallest absolute Gasteiger partial charge is 0.263 e. The van der Waals surface area contributed by atoms with Crippen LogP contribution < -0.4 is 10.9 Å². The minimum atomic E-state index is -0.795. The van der Waals surface area contributed by atoms with Gasteiger partial charge in [-0.05, 0) is 50.1 Å². The van der Waals surface area contributed by atoms with Gasteiger partial charge >= 0.3 is 0 Å². The number of anilines is 1. The topological polar surface area (TPSA) is 81.1 Å². The van der Waals surface area contributed by atoms with Crippen LogP contribution in [0.4, 0.5) is 10.1 Å². The lowest BCUT2D eigenvalue weighted by Gasteiger charge is -2.18. The first-order chi connectivity index (χ1) is 15.8. The lowest BCUT2D eigenvalue weighted by Crippen LogP contribution is -2.33. The SMILES string of the molecule is CCC(C(=O)Nc1cccc(C(C)=O)c1)n1cnc2sc(C)c(-c3ccc(F)cc3)c2c1=O. The Balaban J connectivity index is 1.75. The van der Waals surface area contributed by atoms with E-state index in [0.29, 0.717) is 33.5 Å². The fourth-order valence-corrected chi connectivity index (χ4v) is 4.85. The third kappa shape index (κ3) is 4.34. The lowest BCUT2D eigenvalue weighted by atomic mass is 10.0. The molecule has 2 aromatic heterocycles. The number of benzene rings is 2. The van der Waals surface area contributed by atoms with Gasteiger partial charge in [0.25, 0.3) is 5.56 Å². The van der Waals surface area contributed by atoms with Crippen LogP contribution in [0.3, 0.4) is 0 Å². The number of halogens is 1. The number of nitrogens with one attached hydrogen (secondary N) is 1. The average Bonchev–Trinajstić information content (AvgIpc) is 3.13. The monoisotopic (exact) mass is 463 g/mol. The Hall–Kier alpha value is -3.65. The van der Waals surface area contributed by atoms with Gasteiger partial charge in [0.15, 0.2) is 5.78 Å². The molecule has 0 saturated carbocycles. The van der Waals surface area contributed by atoms with E-state index in [-0.39, 0.29) is 23.1 Å². The Bertz CT molecular complexity index is 1420. The van der Waals surface area contributed by atoms with Crippen molar-refractivity contribution in [3.05, 3.63) is 81.5 Å².